The van der Waals surface area contributed by atoms with Gasteiger partial charge in [0.15, 0.2) is 5.82 Å². The summed E-state index contributed by atoms with van der Waals surface area (Å²) < 4.78 is 14.3. The number of nitrogens with zero attached hydrogens (tertiary/aromatic N) is 3. The monoisotopic (exact) mass is 274 g/mol. The second-order valence-corrected chi connectivity index (χ2v) is 4.93. The van der Waals surface area contributed by atoms with Gasteiger partial charge in [-0.15, -0.1) is 0 Å². The molecular formula is C14H15FN4O. The molecule has 0 atom stereocenters. The Morgan fingerprint density at radius 2 is 2.20 bits per heavy atom. The quantitative estimate of drug-likeness (QED) is 0.795. The van der Waals surface area contributed by atoms with E-state index in [1.54, 1.807) is 35.2 Å². The zero-order chi connectivity index (χ0) is 14.3. The largest absolute Gasteiger partial charge is 0.398 e. The van der Waals surface area contributed by atoms with Crippen molar-refractivity contribution in [2.45, 2.75) is 0 Å². The van der Waals surface area contributed by atoms with Gasteiger partial charge in [-0.05, 0) is 18.2 Å². The van der Waals surface area contributed by atoms with Crippen LogP contribution >= 0.6 is 0 Å². The summed E-state index contributed by atoms with van der Waals surface area (Å²) in [6, 6.07) is 4.86. The van der Waals surface area contributed by atoms with Gasteiger partial charge in [0.2, 0.25) is 5.91 Å². The number of piperazine rings is 1. The Bertz CT molecular complexity index is 688. The highest BCUT2D eigenvalue weighted by molar-refractivity contribution is 6.00. The molecule has 0 unspecified atom stereocenters. The number of fused-ring (bicyclic) bond motifs is 1. The van der Waals surface area contributed by atoms with Gasteiger partial charge in [0.1, 0.15) is 5.69 Å². The lowest BCUT2D eigenvalue weighted by molar-refractivity contribution is -0.129. The van der Waals surface area contributed by atoms with Gasteiger partial charge in [-0.2, -0.15) is 0 Å². The number of amides is 1. The molecule has 0 spiro atoms. The van der Waals surface area contributed by atoms with E-state index >= 15 is 0 Å². The highest BCUT2D eigenvalue weighted by Crippen LogP contribution is 2.32. The van der Waals surface area contributed by atoms with Crippen molar-refractivity contribution in [2.24, 2.45) is 0 Å². The minimum Gasteiger partial charge on any atom is -0.398 e. The van der Waals surface area contributed by atoms with Crippen LogP contribution < -0.4 is 10.6 Å². The summed E-state index contributed by atoms with van der Waals surface area (Å²) in [4.78, 5) is 19.4. The number of benzene rings is 1. The number of carbonyl (C=O) groups excluding carboxylic acids is 1. The summed E-state index contributed by atoms with van der Waals surface area (Å²) in [6.07, 6.45) is 1.60. The van der Waals surface area contributed by atoms with Crippen LogP contribution in [0, 0.1) is 5.82 Å². The van der Waals surface area contributed by atoms with Crippen molar-refractivity contribution in [1.29, 1.82) is 0 Å². The van der Waals surface area contributed by atoms with Crippen molar-refractivity contribution >= 4 is 28.2 Å². The predicted molar refractivity (Wildman–Crippen MR) is 76.0 cm³/mol. The van der Waals surface area contributed by atoms with Gasteiger partial charge >= 0.3 is 0 Å². The molecule has 0 aliphatic carbocycles. The Morgan fingerprint density at radius 3 is 2.95 bits per heavy atom. The third-order valence-electron chi connectivity index (χ3n) is 3.62. The van der Waals surface area contributed by atoms with E-state index in [4.69, 9.17) is 5.73 Å². The summed E-state index contributed by atoms with van der Waals surface area (Å²) in [5.74, 6) is -0.470. The fourth-order valence-corrected chi connectivity index (χ4v) is 2.47. The number of halogens is 1. The number of aromatic nitrogens is 1. The van der Waals surface area contributed by atoms with Crippen LogP contribution in [0.5, 0.6) is 0 Å². The number of nitrogens with two attached hydrogens (primary N) is 1. The van der Waals surface area contributed by atoms with Crippen molar-refractivity contribution in [3.05, 3.63) is 30.2 Å². The maximum Gasteiger partial charge on any atom is 0.241 e. The molecule has 104 valence electrons. The fourth-order valence-electron chi connectivity index (χ4n) is 2.47. The van der Waals surface area contributed by atoms with E-state index in [1.807, 2.05) is 0 Å². The van der Waals surface area contributed by atoms with E-state index in [9.17, 15) is 9.18 Å². The smallest absolute Gasteiger partial charge is 0.241 e. The molecule has 0 saturated carbocycles. The average molecular weight is 274 g/mol. The van der Waals surface area contributed by atoms with Gasteiger partial charge in [-0.25, -0.2) is 4.39 Å². The molecule has 20 heavy (non-hydrogen) atoms. The van der Waals surface area contributed by atoms with Gasteiger partial charge in [0.25, 0.3) is 0 Å². The molecule has 1 fully saturated rings. The molecule has 1 aliphatic rings. The van der Waals surface area contributed by atoms with E-state index in [-0.39, 0.29) is 12.5 Å². The highest BCUT2D eigenvalue weighted by atomic mass is 19.1. The molecule has 0 radical (unpaired) electrons. The second kappa shape index (κ2) is 4.63. The van der Waals surface area contributed by atoms with E-state index in [0.717, 1.165) is 0 Å². The third-order valence-corrected chi connectivity index (χ3v) is 3.62. The molecule has 2 heterocycles. The third kappa shape index (κ3) is 1.93. The number of nitrogen functional groups attached to an aromatic ring is 1. The van der Waals surface area contributed by atoms with Crippen LogP contribution in [0.15, 0.2) is 24.4 Å². The van der Waals surface area contributed by atoms with Crippen LogP contribution in [0.25, 0.3) is 10.9 Å². The Labute approximate surface area is 115 Å². The molecule has 3 rings (SSSR count). The Hall–Kier alpha value is -2.37. The maximum absolute atomic E-state index is 14.3. The minimum atomic E-state index is -0.439. The van der Waals surface area contributed by atoms with Crippen LogP contribution in [0.2, 0.25) is 0 Å². The maximum atomic E-state index is 14.3. The summed E-state index contributed by atoms with van der Waals surface area (Å²) in [5.41, 5.74) is 7.05. The van der Waals surface area contributed by atoms with Crippen LogP contribution in [-0.2, 0) is 4.79 Å². The van der Waals surface area contributed by atoms with Crippen molar-refractivity contribution in [3.63, 3.8) is 0 Å². The average Bonchev–Trinajstić information content (AvgIpc) is 2.43. The Morgan fingerprint density at radius 1 is 1.40 bits per heavy atom. The zero-order valence-corrected chi connectivity index (χ0v) is 11.1. The molecule has 2 N–H and O–H groups in total. The molecule has 1 amide bonds. The Balaban J connectivity index is 2.14. The normalized spacial score (nSPS) is 16.0. The van der Waals surface area contributed by atoms with E-state index in [1.165, 1.54) is 6.07 Å². The van der Waals surface area contributed by atoms with Gasteiger partial charge in [-0.3, -0.25) is 9.78 Å². The highest BCUT2D eigenvalue weighted by Gasteiger charge is 2.25. The molecule has 0 bridgehead atoms. The molecule has 1 aromatic heterocycles. The topological polar surface area (TPSA) is 62.5 Å². The SMILES string of the molecule is CN1CCN(c2c(F)cc(N)c3cccnc23)CC1=O. The van der Waals surface area contributed by atoms with Crippen molar-refractivity contribution in [2.75, 3.05) is 37.3 Å². The first-order valence-corrected chi connectivity index (χ1v) is 6.39. The molecule has 1 saturated heterocycles. The van der Waals surface area contributed by atoms with Crippen LogP contribution in [0.4, 0.5) is 15.8 Å². The van der Waals surface area contributed by atoms with Gasteiger partial charge < -0.3 is 15.5 Å². The van der Waals surface area contributed by atoms with E-state index in [2.05, 4.69) is 4.98 Å². The van der Waals surface area contributed by atoms with Gasteiger partial charge in [0.05, 0.1) is 12.1 Å². The number of anilines is 2. The van der Waals surface area contributed by atoms with Gasteiger partial charge in [-0.1, -0.05) is 0 Å². The second-order valence-electron chi connectivity index (χ2n) is 4.93. The number of hydrogen-bond donors (Lipinski definition) is 1. The molecule has 5 nitrogen and oxygen atoms in total. The molecule has 6 heteroatoms. The first-order valence-electron chi connectivity index (χ1n) is 6.39. The number of hydrogen-bond acceptors (Lipinski definition) is 4. The molecule has 1 aliphatic heterocycles. The van der Waals surface area contributed by atoms with Crippen molar-refractivity contribution in [3.8, 4) is 0 Å². The van der Waals surface area contributed by atoms with Crippen molar-refractivity contribution in [1.82, 2.24) is 9.88 Å². The summed E-state index contributed by atoms with van der Waals surface area (Å²) >= 11 is 0. The van der Waals surface area contributed by atoms with Crippen LogP contribution in [0.3, 0.4) is 0 Å². The first kappa shape index (κ1) is 12.7. The van der Waals surface area contributed by atoms with E-state index in [0.29, 0.717) is 35.4 Å². The molecule has 1 aromatic carbocycles. The first-order chi connectivity index (χ1) is 9.58. The number of rotatable bonds is 1. The lowest BCUT2D eigenvalue weighted by Crippen LogP contribution is -2.49. The van der Waals surface area contributed by atoms with Crippen LogP contribution in [-0.4, -0.2) is 42.5 Å². The number of likely N-dealkylation sites (N-methyl/N-ethyl adjacent to an activating group) is 1. The predicted octanol–water partition coefficient (Wildman–Crippen LogP) is 1.23. The lowest BCUT2D eigenvalue weighted by Gasteiger charge is -2.34. The molecular weight excluding hydrogens is 259 g/mol. The Kier molecular flexibility index (Phi) is 2.93. The number of carbonyl (C=O) groups is 1. The van der Waals surface area contributed by atoms with E-state index < -0.39 is 5.82 Å². The summed E-state index contributed by atoms with van der Waals surface area (Å²) in [6.45, 7) is 1.30. The molecule has 2 aromatic rings. The van der Waals surface area contributed by atoms with Crippen molar-refractivity contribution < 1.29 is 9.18 Å². The minimum absolute atomic E-state index is 0.0310. The number of pyridine rings is 1. The van der Waals surface area contributed by atoms with Crippen LogP contribution in [0.1, 0.15) is 0 Å². The lowest BCUT2D eigenvalue weighted by atomic mass is 10.1. The fraction of sp³-hybridized carbons (Fsp3) is 0.286. The summed E-state index contributed by atoms with van der Waals surface area (Å²) in [5, 5.41) is 0.704. The van der Waals surface area contributed by atoms with Gasteiger partial charge in [0, 0.05) is 37.4 Å². The zero-order valence-electron chi connectivity index (χ0n) is 11.1. The standard InChI is InChI=1S/C14H15FN4O/c1-18-5-6-19(8-12(18)20)14-10(15)7-11(16)9-3-2-4-17-13(9)14/h2-4,7H,5-6,8,16H2,1H3. The summed E-state index contributed by atoms with van der Waals surface area (Å²) in [7, 11) is 1.75.